The van der Waals surface area contributed by atoms with E-state index in [0.717, 1.165) is 109 Å². The van der Waals surface area contributed by atoms with E-state index in [1.54, 1.807) is 0 Å². The number of hydrogen-bond acceptors (Lipinski definition) is 6. The lowest BCUT2D eigenvalue weighted by Crippen LogP contribution is -2.30. The van der Waals surface area contributed by atoms with Crippen LogP contribution in [0.1, 0.15) is 284 Å². The smallest absolute Gasteiger partial charge is 0.306 e. The Morgan fingerprint density at radius 2 is 0.588 bits per heavy atom. The van der Waals surface area contributed by atoms with Gasteiger partial charge in [0.25, 0.3) is 0 Å². The number of carbonyl (C=O) groups is 3. The quantitative estimate of drug-likeness (QED) is 0.0262. The zero-order valence-electron chi connectivity index (χ0n) is 44.9. The minimum absolute atomic E-state index is 0.0797. The summed E-state index contributed by atoms with van der Waals surface area (Å²) in [5.41, 5.74) is 0. The lowest BCUT2D eigenvalue weighted by Gasteiger charge is -2.18. The molecular weight excluding hydrogens is 841 g/mol. The molecule has 0 aliphatic heterocycles. The molecule has 0 saturated heterocycles. The molecule has 0 radical (unpaired) electrons. The second-order valence-corrected chi connectivity index (χ2v) is 19.2. The normalized spacial score (nSPS) is 12.6. The van der Waals surface area contributed by atoms with Crippen LogP contribution in [0.25, 0.3) is 0 Å². The lowest BCUT2D eigenvalue weighted by atomic mass is 10.0. The Bertz CT molecular complexity index is 1270. The fourth-order valence-corrected chi connectivity index (χ4v) is 8.10. The molecule has 0 aromatic rings. The van der Waals surface area contributed by atoms with Gasteiger partial charge in [0.2, 0.25) is 0 Å². The lowest BCUT2D eigenvalue weighted by molar-refractivity contribution is -0.167. The number of unbranched alkanes of at least 4 members (excludes halogenated alkanes) is 29. The summed E-state index contributed by atoms with van der Waals surface area (Å²) in [5, 5.41) is 0. The van der Waals surface area contributed by atoms with Crippen molar-refractivity contribution in [3.63, 3.8) is 0 Å². The maximum Gasteiger partial charge on any atom is 0.306 e. The molecule has 6 heteroatoms. The minimum Gasteiger partial charge on any atom is -0.462 e. The molecule has 0 bridgehead atoms. The number of carbonyl (C=O) groups excluding carboxylic acids is 3. The predicted octanol–water partition coefficient (Wildman–Crippen LogP) is 19.4. The topological polar surface area (TPSA) is 78.9 Å². The molecule has 392 valence electrons. The first-order chi connectivity index (χ1) is 33.5. The second kappa shape index (κ2) is 56.4. The van der Waals surface area contributed by atoms with Crippen LogP contribution in [0.3, 0.4) is 0 Å². The number of rotatable bonds is 52. The van der Waals surface area contributed by atoms with Gasteiger partial charge in [-0.05, 0) is 83.5 Å². The van der Waals surface area contributed by atoms with Crippen molar-refractivity contribution in [3.05, 3.63) is 72.9 Å². The zero-order chi connectivity index (χ0) is 49.3. The van der Waals surface area contributed by atoms with E-state index in [-0.39, 0.29) is 31.1 Å². The Balaban J connectivity index is 4.32. The number of allylic oxidation sites excluding steroid dienone is 12. The van der Waals surface area contributed by atoms with Crippen LogP contribution < -0.4 is 0 Å². The van der Waals surface area contributed by atoms with Crippen molar-refractivity contribution in [1.82, 2.24) is 0 Å². The second-order valence-electron chi connectivity index (χ2n) is 19.2. The van der Waals surface area contributed by atoms with E-state index in [4.69, 9.17) is 14.2 Å². The van der Waals surface area contributed by atoms with Crippen LogP contribution in [0, 0.1) is 0 Å². The van der Waals surface area contributed by atoms with E-state index in [1.165, 1.54) is 135 Å². The standard InChI is InChI=1S/C62H108O6/c1-4-7-10-13-16-19-22-25-27-28-29-30-31-32-33-34-35-38-40-43-46-49-52-55-61(64)67-58-59(57-66-60(63)54-51-48-45-42-39-36-24-21-18-15-12-9-6-3)68-62(65)56-53-50-47-44-41-37-26-23-20-17-14-11-8-5-2/h7,10,14,16-17,19,23,25-27,29-30,59H,4-6,8-9,11-13,15,18,20-22,24,28,31-58H2,1-3H3/b10-7-,17-14-,19-16-,26-23-,27-25-,30-29-. The molecule has 1 atom stereocenters. The molecule has 0 spiro atoms. The third-order valence-corrected chi connectivity index (χ3v) is 12.4. The van der Waals surface area contributed by atoms with Gasteiger partial charge in [-0.1, -0.05) is 254 Å². The molecule has 0 fully saturated rings. The highest BCUT2D eigenvalue weighted by Gasteiger charge is 2.19. The molecular formula is C62H108O6. The van der Waals surface area contributed by atoms with Crippen LogP contribution in [0.15, 0.2) is 72.9 Å². The van der Waals surface area contributed by atoms with Gasteiger partial charge in [-0.2, -0.15) is 0 Å². The van der Waals surface area contributed by atoms with Crippen molar-refractivity contribution in [3.8, 4) is 0 Å². The van der Waals surface area contributed by atoms with Crippen LogP contribution in [-0.4, -0.2) is 37.2 Å². The average Bonchev–Trinajstić information content (AvgIpc) is 3.34. The molecule has 0 aromatic carbocycles. The summed E-state index contributed by atoms with van der Waals surface area (Å²) in [6.07, 6.45) is 71.8. The van der Waals surface area contributed by atoms with Crippen molar-refractivity contribution in [1.29, 1.82) is 0 Å². The third kappa shape index (κ3) is 53.8. The molecule has 0 saturated carbocycles. The van der Waals surface area contributed by atoms with Crippen molar-refractivity contribution in [2.45, 2.75) is 290 Å². The first kappa shape index (κ1) is 64.8. The van der Waals surface area contributed by atoms with Gasteiger partial charge < -0.3 is 14.2 Å². The van der Waals surface area contributed by atoms with Crippen LogP contribution in [0.5, 0.6) is 0 Å². The summed E-state index contributed by atoms with van der Waals surface area (Å²) >= 11 is 0. The van der Waals surface area contributed by atoms with Crippen LogP contribution >= 0.6 is 0 Å². The van der Waals surface area contributed by atoms with E-state index in [1.807, 2.05) is 0 Å². The van der Waals surface area contributed by atoms with E-state index >= 15 is 0 Å². The fourth-order valence-electron chi connectivity index (χ4n) is 8.10. The highest BCUT2D eigenvalue weighted by atomic mass is 16.6. The van der Waals surface area contributed by atoms with Crippen molar-refractivity contribution in [2.24, 2.45) is 0 Å². The minimum atomic E-state index is -0.782. The van der Waals surface area contributed by atoms with Gasteiger partial charge in [-0.3, -0.25) is 14.4 Å². The summed E-state index contributed by atoms with van der Waals surface area (Å²) in [6.45, 7) is 6.49. The van der Waals surface area contributed by atoms with Crippen LogP contribution in [0.2, 0.25) is 0 Å². The molecule has 0 amide bonds. The van der Waals surface area contributed by atoms with Crippen molar-refractivity contribution >= 4 is 17.9 Å². The Hall–Kier alpha value is -3.15. The highest BCUT2D eigenvalue weighted by molar-refractivity contribution is 5.71. The van der Waals surface area contributed by atoms with Crippen LogP contribution in [0.4, 0.5) is 0 Å². The van der Waals surface area contributed by atoms with E-state index in [0.29, 0.717) is 19.3 Å². The monoisotopic (exact) mass is 949 g/mol. The first-order valence-corrected chi connectivity index (χ1v) is 28.9. The number of hydrogen-bond donors (Lipinski definition) is 0. The molecule has 0 rings (SSSR count). The predicted molar refractivity (Wildman–Crippen MR) is 293 cm³/mol. The molecule has 0 aliphatic rings. The van der Waals surface area contributed by atoms with Gasteiger partial charge in [-0.15, -0.1) is 0 Å². The SMILES string of the molecule is CC/C=C\C/C=C\C/C=C\C/C=C\CCCCCCCCCCCCC(=O)OCC(COC(=O)CCCCCCCCCCCCCCC)OC(=O)CCCCCCC/C=C\C/C=C\CCCC. The molecule has 1 unspecified atom stereocenters. The summed E-state index contributed by atoms with van der Waals surface area (Å²) in [7, 11) is 0. The molecule has 0 aliphatic carbocycles. The first-order valence-electron chi connectivity index (χ1n) is 28.9. The van der Waals surface area contributed by atoms with E-state index < -0.39 is 6.10 Å². The fraction of sp³-hybridized carbons (Fsp3) is 0.758. The van der Waals surface area contributed by atoms with Gasteiger partial charge in [-0.25, -0.2) is 0 Å². The average molecular weight is 950 g/mol. The number of esters is 3. The summed E-state index contributed by atoms with van der Waals surface area (Å²) in [6, 6.07) is 0. The van der Waals surface area contributed by atoms with Gasteiger partial charge in [0.15, 0.2) is 6.10 Å². The van der Waals surface area contributed by atoms with E-state index in [9.17, 15) is 14.4 Å². The Morgan fingerprint density at radius 1 is 0.309 bits per heavy atom. The van der Waals surface area contributed by atoms with Gasteiger partial charge in [0.1, 0.15) is 13.2 Å². The Morgan fingerprint density at radius 3 is 0.941 bits per heavy atom. The maximum atomic E-state index is 12.8. The highest BCUT2D eigenvalue weighted by Crippen LogP contribution is 2.16. The van der Waals surface area contributed by atoms with Crippen LogP contribution in [-0.2, 0) is 28.6 Å². The zero-order valence-corrected chi connectivity index (χ0v) is 44.9. The molecule has 0 N–H and O–H groups in total. The summed E-state index contributed by atoms with van der Waals surface area (Å²) < 4.78 is 16.9. The Kier molecular flexibility index (Phi) is 53.8. The third-order valence-electron chi connectivity index (χ3n) is 12.4. The molecule has 0 aromatic heterocycles. The maximum absolute atomic E-state index is 12.8. The van der Waals surface area contributed by atoms with Gasteiger partial charge in [0, 0.05) is 19.3 Å². The molecule has 0 heterocycles. The molecule has 6 nitrogen and oxygen atoms in total. The summed E-state index contributed by atoms with van der Waals surface area (Å²) in [4.78, 5) is 38.1. The molecule has 68 heavy (non-hydrogen) atoms. The van der Waals surface area contributed by atoms with E-state index in [2.05, 4.69) is 93.7 Å². The Labute approximate surface area is 421 Å². The van der Waals surface area contributed by atoms with Crippen molar-refractivity contribution in [2.75, 3.05) is 13.2 Å². The summed E-state index contributed by atoms with van der Waals surface area (Å²) in [5.74, 6) is -0.889. The number of ether oxygens (including phenoxy) is 3. The van der Waals surface area contributed by atoms with Gasteiger partial charge in [0.05, 0.1) is 0 Å². The van der Waals surface area contributed by atoms with Gasteiger partial charge >= 0.3 is 17.9 Å². The van der Waals surface area contributed by atoms with Crippen molar-refractivity contribution < 1.29 is 28.6 Å². The largest absolute Gasteiger partial charge is 0.462 e.